The van der Waals surface area contributed by atoms with Crippen LogP contribution in [0.4, 0.5) is 4.39 Å². The molecule has 1 amide bonds. The third-order valence-electron chi connectivity index (χ3n) is 2.24. The van der Waals surface area contributed by atoms with Crippen molar-refractivity contribution in [3.8, 4) is 0 Å². The molecule has 0 aromatic heterocycles. The molecule has 0 bridgehead atoms. The second-order valence-corrected chi connectivity index (χ2v) is 5.35. The molecule has 1 rings (SSSR count). The second-order valence-electron chi connectivity index (χ2n) is 3.64. The third kappa shape index (κ3) is 4.39. The van der Waals surface area contributed by atoms with Gasteiger partial charge in [0, 0.05) is 28.5 Å². The van der Waals surface area contributed by atoms with Crippen molar-refractivity contribution < 1.29 is 9.18 Å². The van der Waals surface area contributed by atoms with E-state index in [4.69, 9.17) is 0 Å². The van der Waals surface area contributed by atoms with Gasteiger partial charge in [0.1, 0.15) is 5.82 Å². The SMILES string of the molecule is CCCN(CCBr)C(=O)c1cc(F)cc(Br)c1. The summed E-state index contributed by atoms with van der Waals surface area (Å²) >= 11 is 6.50. The van der Waals surface area contributed by atoms with E-state index in [-0.39, 0.29) is 5.91 Å². The van der Waals surface area contributed by atoms with Crippen molar-refractivity contribution in [2.45, 2.75) is 13.3 Å². The first-order valence-electron chi connectivity index (χ1n) is 5.39. The molecule has 0 unspecified atom stereocenters. The van der Waals surface area contributed by atoms with Gasteiger partial charge >= 0.3 is 0 Å². The maximum Gasteiger partial charge on any atom is 0.254 e. The number of rotatable bonds is 5. The smallest absolute Gasteiger partial charge is 0.254 e. The number of amides is 1. The molecule has 0 aliphatic carbocycles. The fraction of sp³-hybridized carbons (Fsp3) is 0.417. The number of nitrogens with zero attached hydrogens (tertiary/aromatic N) is 1. The van der Waals surface area contributed by atoms with Gasteiger partial charge in [-0.15, -0.1) is 0 Å². The van der Waals surface area contributed by atoms with Crippen LogP contribution >= 0.6 is 31.9 Å². The largest absolute Gasteiger partial charge is 0.338 e. The van der Waals surface area contributed by atoms with Crippen LogP contribution in [0.1, 0.15) is 23.7 Å². The molecule has 0 fully saturated rings. The zero-order valence-corrected chi connectivity index (χ0v) is 12.7. The molecule has 5 heteroatoms. The number of carbonyl (C=O) groups is 1. The second kappa shape index (κ2) is 7.11. The molecule has 0 heterocycles. The van der Waals surface area contributed by atoms with Crippen LogP contribution in [0, 0.1) is 5.82 Å². The molecule has 0 radical (unpaired) electrons. The summed E-state index contributed by atoms with van der Waals surface area (Å²) < 4.78 is 13.8. The summed E-state index contributed by atoms with van der Waals surface area (Å²) in [4.78, 5) is 13.9. The van der Waals surface area contributed by atoms with Crippen molar-refractivity contribution in [3.63, 3.8) is 0 Å². The average molecular weight is 367 g/mol. The molecule has 0 saturated carbocycles. The zero-order chi connectivity index (χ0) is 12.8. The summed E-state index contributed by atoms with van der Waals surface area (Å²) in [6.07, 6.45) is 0.884. The Kier molecular flexibility index (Phi) is 6.12. The number of carbonyl (C=O) groups excluding carboxylic acids is 1. The Morgan fingerprint density at radius 3 is 2.59 bits per heavy atom. The molecular formula is C12H14Br2FNO. The average Bonchev–Trinajstić information content (AvgIpc) is 2.26. The Balaban J connectivity index is 2.92. The van der Waals surface area contributed by atoms with Gasteiger partial charge in [-0.3, -0.25) is 4.79 Å². The highest BCUT2D eigenvalue weighted by Crippen LogP contribution is 2.16. The lowest BCUT2D eigenvalue weighted by atomic mass is 10.2. The molecule has 2 nitrogen and oxygen atoms in total. The van der Waals surface area contributed by atoms with E-state index < -0.39 is 5.82 Å². The summed E-state index contributed by atoms with van der Waals surface area (Å²) in [6.45, 7) is 3.31. The van der Waals surface area contributed by atoms with E-state index in [9.17, 15) is 9.18 Å². The molecule has 0 aliphatic rings. The van der Waals surface area contributed by atoms with E-state index in [1.807, 2.05) is 6.92 Å². The Bertz CT molecular complexity index is 372. The van der Waals surface area contributed by atoms with Crippen LogP contribution in [0.3, 0.4) is 0 Å². The minimum Gasteiger partial charge on any atom is -0.338 e. The highest BCUT2D eigenvalue weighted by molar-refractivity contribution is 9.10. The summed E-state index contributed by atoms with van der Waals surface area (Å²) in [7, 11) is 0. The van der Waals surface area contributed by atoms with Gasteiger partial charge < -0.3 is 4.90 Å². The van der Waals surface area contributed by atoms with Crippen molar-refractivity contribution in [1.82, 2.24) is 4.90 Å². The highest BCUT2D eigenvalue weighted by Gasteiger charge is 2.15. The van der Waals surface area contributed by atoms with Crippen LogP contribution in [-0.2, 0) is 0 Å². The van der Waals surface area contributed by atoms with Crippen molar-refractivity contribution in [2.75, 3.05) is 18.4 Å². The minimum absolute atomic E-state index is 0.133. The highest BCUT2D eigenvalue weighted by atomic mass is 79.9. The predicted molar refractivity (Wildman–Crippen MR) is 74.1 cm³/mol. The molecule has 0 aliphatic heterocycles. The minimum atomic E-state index is -0.405. The molecule has 17 heavy (non-hydrogen) atoms. The molecule has 1 aromatic carbocycles. The fourth-order valence-electron chi connectivity index (χ4n) is 1.55. The van der Waals surface area contributed by atoms with E-state index in [1.54, 1.807) is 11.0 Å². The lowest BCUT2D eigenvalue weighted by Crippen LogP contribution is -2.33. The van der Waals surface area contributed by atoms with E-state index in [1.165, 1.54) is 12.1 Å². The number of alkyl halides is 1. The van der Waals surface area contributed by atoms with Gasteiger partial charge in [0.15, 0.2) is 0 Å². The zero-order valence-electron chi connectivity index (χ0n) is 9.55. The number of halogens is 3. The van der Waals surface area contributed by atoms with Gasteiger partial charge in [-0.05, 0) is 24.6 Å². The Hall–Kier alpha value is -0.420. The first-order valence-corrected chi connectivity index (χ1v) is 7.31. The predicted octanol–water partition coefficient (Wildman–Crippen LogP) is 3.84. The van der Waals surface area contributed by atoms with Crippen molar-refractivity contribution in [3.05, 3.63) is 34.1 Å². The number of hydrogen-bond donors (Lipinski definition) is 0. The van der Waals surface area contributed by atoms with Crippen LogP contribution in [-0.4, -0.2) is 29.2 Å². The normalized spacial score (nSPS) is 10.4. The molecule has 0 N–H and O–H groups in total. The van der Waals surface area contributed by atoms with Gasteiger partial charge in [-0.1, -0.05) is 38.8 Å². The van der Waals surface area contributed by atoms with Gasteiger partial charge in [0.05, 0.1) is 0 Å². The lowest BCUT2D eigenvalue weighted by Gasteiger charge is -2.21. The van der Waals surface area contributed by atoms with Crippen LogP contribution in [0.2, 0.25) is 0 Å². The fourth-order valence-corrected chi connectivity index (χ4v) is 2.44. The lowest BCUT2D eigenvalue weighted by molar-refractivity contribution is 0.0766. The van der Waals surface area contributed by atoms with Gasteiger partial charge in [0.25, 0.3) is 5.91 Å². The summed E-state index contributed by atoms with van der Waals surface area (Å²) in [6, 6.07) is 4.25. The summed E-state index contributed by atoms with van der Waals surface area (Å²) in [5.41, 5.74) is 0.381. The van der Waals surface area contributed by atoms with Crippen molar-refractivity contribution in [2.24, 2.45) is 0 Å². The number of hydrogen-bond acceptors (Lipinski definition) is 1. The molecule has 0 saturated heterocycles. The van der Waals surface area contributed by atoms with Crippen LogP contribution in [0.25, 0.3) is 0 Å². The van der Waals surface area contributed by atoms with Crippen LogP contribution in [0.5, 0.6) is 0 Å². The van der Waals surface area contributed by atoms with Crippen LogP contribution in [0.15, 0.2) is 22.7 Å². The van der Waals surface area contributed by atoms with E-state index in [0.717, 1.165) is 11.8 Å². The maximum absolute atomic E-state index is 13.2. The monoisotopic (exact) mass is 365 g/mol. The van der Waals surface area contributed by atoms with E-state index in [0.29, 0.717) is 23.1 Å². The van der Waals surface area contributed by atoms with Gasteiger partial charge in [-0.25, -0.2) is 4.39 Å². The molecule has 94 valence electrons. The standard InChI is InChI=1S/C12H14Br2FNO/c1-2-4-16(5-3-13)12(17)9-6-10(14)8-11(15)7-9/h6-8H,2-5H2,1H3. The Morgan fingerprint density at radius 1 is 1.35 bits per heavy atom. The van der Waals surface area contributed by atoms with Gasteiger partial charge in [0.2, 0.25) is 0 Å². The van der Waals surface area contributed by atoms with Crippen molar-refractivity contribution in [1.29, 1.82) is 0 Å². The molecular weight excluding hydrogens is 353 g/mol. The summed E-state index contributed by atoms with van der Waals surface area (Å²) in [5, 5.41) is 0.717. The summed E-state index contributed by atoms with van der Waals surface area (Å²) in [5.74, 6) is -0.537. The third-order valence-corrected chi connectivity index (χ3v) is 3.06. The van der Waals surface area contributed by atoms with Gasteiger partial charge in [-0.2, -0.15) is 0 Å². The van der Waals surface area contributed by atoms with Crippen molar-refractivity contribution >= 4 is 37.8 Å². The first-order chi connectivity index (χ1) is 8.08. The van der Waals surface area contributed by atoms with Crippen LogP contribution < -0.4 is 0 Å². The molecule has 0 spiro atoms. The number of benzene rings is 1. The maximum atomic E-state index is 13.2. The Morgan fingerprint density at radius 2 is 2.06 bits per heavy atom. The Labute approximate surface area is 117 Å². The molecule has 0 atom stereocenters. The van der Waals surface area contributed by atoms with E-state index >= 15 is 0 Å². The quantitative estimate of drug-likeness (QED) is 0.725. The first kappa shape index (κ1) is 14.6. The topological polar surface area (TPSA) is 20.3 Å². The molecule has 1 aromatic rings. The van der Waals surface area contributed by atoms with E-state index in [2.05, 4.69) is 31.9 Å².